The molecule has 16 heavy (non-hydrogen) atoms. The molecule has 3 atom stereocenters. The van der Waals surface area contributed by atoms with E-state index in [1.165, 1.54) is 0 Å². The summed E-state index contributed by atoms with van der Waals surface area (Å²) in [5.41, 5.74) is 0. The molecule has 0 rings (SSSR count). The summed E-state index contributed by atoms with van der Waals surface area (Å²) < 4.78 is 0. The summed E-state index contributed by atoms with van der Waals surface area (Å²) in [7, 11) is 0. The zero-order chi connectivity index (χ0) is 12.9. The summed E-state index contributed by atoms with van der Waals surface area (Å²) in [5, 5.41) is 29.7. The van der Waals surface area contributed by atoms with E-state index in [0.717, 1.165) is 19.3 Å². The molecular formula is C12H27FeO3. The minimum atomic E-state index is -0.366. The summed E-state index contributed by atoms with van der Waals surface area (Å²) in [6.07, 6.45) is 1.15. The van der Waals surface area contributed by atoms with E-state index in [1.807, 2.05) is 20.8 Å². The average molecular weight is 275 g/mol. The summed E-state index contributed by atoms with van der Waals surface area (Å²) in [6.45, 7) is 10.7. The van der Waals surface area contributed by atoms with Crippen LogP contribution >= 0.6 is 0 Å². The molecule has 0 heterocycles. The Hall–Kier alpha value is 0.399. The largest absolute Gasteiger partial charge is 3.00 e. The first-order valence-corrected chi connectivity index (χ1v) is 5.79. The fourth-order valence-electron chi connectivity index (χ4n) is 0. The van der Waals surface area contributed by atoms with Gasteiger partial charge in [-0.3, -0.25) is 0 Å². The molecule has 0 bridgehead atoms. The first kappa shape index (κ1) is 25.3. The Bertz CT molecular complexity index is 77.2. The molecule has 101 valence electrons. The quantitative estimate of drug-likeness (QED) is 0.701. The zero-order valence-electron chi connectivity index (χ0n) is 11.4. The normalized spacial score (nSPS) is 14.1. The van der Waals surface area contributed by atoms with Crippen LogP contribution in [0.4, 0.5) is 0 Å². The zero-order valence-corrected chi connectivity index (χ0v) is 12.5. The maximum absolute atomic E-state index is 9.90. The molecule has 0 aromatic heterocycles. The van der Waals surface area contributed by atoms with Crippen molar-refractivity contribution in [2.75, 3.05) is 0 Å². The van der Waals surface area contributed by atoms with Gasteiger partial charge in [-0.05, 0) is 0 Å². The van der Waals surface area contributed by atoms with E-state index < -0.39 is 0 Å². The fraction of sp³-hybridized carbons (Fsp3) is 1.00. The molecule has 0 saturated carbocycles. The van der Waals surface area contributed by atoms with Gasteiger partial charge in [0.25, 0.3) is 0 Å². The fourth-order valence-corrected chi connectivity index (χ4v) is 0. The Morgan fingerprint density at radius 1 is 0.625 bits per heavy atom. The van der Waals surface area contributed by atoms with Crippen molar-refractivity contribution >= 4 is 0 Å². The number of hydrogen-bond acceptors (Lipinski definition) is 3. The van der Waals surface area contributed by atoms with Crippen LogP contribution in [-0.2, 0) is 17.1 Å². The maximum Gasteiger partial charge on any atom is 3.00 e. The molecule has 3 unspecified atom stereocenters. The Morgan fingerprint density at radius 2 is 0.688 bits per heavy atom. The van der Waals surface area contributed by atoms with Gasteiger partial charge in [-0.2, -0.15) is 0 Å². The van der Waals surface area contributed by atoms with Crippen molar-refractivity contribution < 1.29 is 32.4 Å². The third-order valence-electron chi connectivity index (χ3n) is 1.72. The van der Waals surface area contributed by atoms with Crippen LogP contribution in [0, 0.1) is 0 Å². The minimum absolute atomic E-state index is 0. The van der Waals surface area contributed by atoms with E-state index in [-0.39, 0.29) is 35.4 Å². The average Bonchev–Trinajstić information content (AvgIpc) is 2.19. The standard InChI is InChI=1S/3C4H9O.Fe/c3*1-3-4(2)5;/h3*4H,3H2,1-2H3;/q3*-1;+3. The predicted molar refractivity (Wildman–Crippen MR) is 59.3 cm³/mol. The number of hydrogen-bond donors (Lipinski definition) is 0. The molecule has 3 nitrogen and oxygen atoms in total. The summed E-state index contributed by atoms with van der Waals surface area (Å²) in [6, 6.07) is 0. The Balaban J connectivity index is -0.0000000655. The summed E-state index contributed by atoms with van der Waals surface area (Å²) in [4.78, 5) is 0. The molecule has 0 spiro atoms. The van der Waals surface area contributed by atoms with E-state index in [4.69, 9.17) is 0 Å². The first-order valence-electron chi connectivity index (χ1n) is 5.79. The van der Waals surface area contributed by atoms with Crippen molar-refractivity contribution in [2.24, 2.45) is 0 Å². The minimum Gasteiger partial charge on any atom is -0.852 e. The molecule has 1 radical (unpaired) electrons. The molecule has 0 aliphatic heterocycles. The van der Waals surface area contributed by atoms with Crippen LogP contribution in [-0.4, -0.2) is 18.3 Å². The summed E-state index contributed by atoms with van der Waals surface area (Å²) in [5.74, 6) is 0. The molecule has 0 aromatic rings. The summed E-state index contributed by atoms with van der Waals surface area (Å²) >= 11 is 0. The molecule has 0 aliphatic rings. The van der Waals surface area contributed by atoms with Gasteiger partial charge in [-0.25, -0.2) is 0 Å². The Morgan fingerprint density at radius 3 is 0.688 bits per heavy atom. The second-order valence-corrected chi connectivity index (χ2v) is 3.66. The van der Waals surface area contributed by atoms with Crippen molar-refractivity contribution in [2.45, 2.75) is 79.1 Å². The van der Waals surface area contributed by atoms with E-state index in [0.29, 0.717) is 0 Å². The van der Waals surface area contributed by atoms with E-state index in [1.54, 1.807) is 20.8 Å². The van der Waals surface area contributed by atoms with Gasteiger partial charge in [0.2, 0.25) is 0 Å². The SMILES string of the molecule is CCC(C)[O-].CCC(C)[O-].CCC(C)[O-].[Fe+3]. The van der Waals surface area contributed by atoms with E-state index in [2.05, 4.69) is 0 Å². The van der Waals surface area contributed by atoms with E-state index in [9.17, 15) is 15.3 Å². The molecule has 0 aromatic carbocycles. The van der Waals surface area contributed by atoms with Crippen LogP contribution in [0.5, 0.6) is 0 Å². The monoisotopic (exact) mass is 275 g/mol. The Labute approximate surface area is 112 Å². The number of rotatable bonds is 3. The van der Waals surface area contributed by atoms with Crippen molar-refractivity contribution in [3.63, 3.8) is 0 Å². The topological polar surface area (TPSA) is 69.2 Å². The van der Waals surface area contributed by atoms with Gasteiger partial charge >= 0.3 is 17.1 Å². The molecule has 0 aliphatic carbocycles. The third-order valence-corrected chi connectivity index (χ3v) is 1.72. The predicted octanol–water partition coefficient (Wildman–Crippen LogP) is 0.433. The van der Waals surface area contributed by atoms with Gasteiger partial charge in [0.1, 0.15) is 0 Å². The van der Waals surface area contributed by atoms with Crippen LogP contribution in [0.25, 0.3) is 0 Å². The molecule has 0 fully saturated rings. The second-order valence-electron chi connectivity index (χ2n) is 3.66. The molecule has 0 amide bonds. The van der Waals surface area contributed by atoms with Gasteiger partial charge in [0.15, 0.2) is 0 Å². The molecule has 4 heteroatoms. The van der Waals surface area contributed by atoms with Gasteiger partial charge in [0.05, 0.1) is 0 Å². The van der Waals surface area contributed by atoms with Crippen LogP contribution in [0.1, 0.15) is 60.8 Å². The second kappa shape index (κ2) is 20.8. The van der Waals surface area contributed by atoms with Crippen LogP contribution in [0.15, 0.2) is 0 Å². The molecular weight excluding hydrogens is 248 g/mol. The molecule has 0 N–H and O–H groups in total. The Kier molecular flexibility index (Phi) is 32.8. The molecule has 0 saturated heterocycles. The van der Waals surface area contributed by atoms with Crippen LogP contribution in [0.3, 0.4) is 0 Å². The maximum atomic E-state index is 9.90. The third kappa shape index (κ3) is 63.1. The van der Waals surface area contributed by atoms with Gasteiger partial charge in [-0.1, -0.05) is 60.8 Å². The first-order chi connectivity index (χ1) is 6.81. The van der Waals surface area contributed by atoms with Crippen LogP contribution in [0.2, 0.25) is 0 Å². The van der Waals surface area contributed by atoms with Crippen LogP contribution < -0.4 is 15.3 Å². The van der Waals surface area contributed by atoms with Crippen molar-refractivity contribution in [3.8, 4) is 0 Å². The smallest absolute Gasteiger partial charge is 0.852 e. The van der Waals surface area contributed by atoms with Crippen molar-refractivity contribution in [1.82, 2.24) is 0 Å². The van der Waals surface area contributed by atoms with Gasteiger partial charge in [-0.15, -0.1) is 18.3 Å². The van der Waals surface area contributed by atoms with Gasteiger partial charge < -0.3 is 15.3 Å². The van der Waals surface area contributed by atoms with Gasteiger partial charge in [0, 0.05) is 0 Å². The van der Waals surface area contributed by atoms with Crippen molar-refractivity contribution in [1.29, 1.82) is 0 Å². The van der Waals surface area contributed by atoms with Crippen molar-refractivity contribution in [3.05, 3.63) is 0 Å². The van der Waals surface area contributed by atoms with E-state index >= 15 is 0 Å².